The van der Waals surface area contributed by atoms with Crippen molar-refractivity contribution in [2.45, 2.75) is 19.6 Å². The van der Waals surface area contributed by atoms with E-state index in [-0.39, 0.29) is 5.91 Å². The summed E-state index contributed by atoms with van der Waals surface area (Å²) in [5.74, 6) is 0.729. The van der Waals surface area contributed by atoms with Crippen LogP contribution in [0.2, 0.25) is 0 Å². The summed E-state index contributed by atoms with van der Waals surface area (Å²) in [6, 6.07) is 17.5. The second-order valence-corrected chi connectivity index (χ2v) is 6.58. The van der Waals surface area contributed by atoms with Crippen LogP contribution in [0.1, 0.15) is 27.0 Å². The van der Waals surface area contributed by atoms with Gasteiger partial charge in [-0.15, -0.1) is 0 Å². The summed E-state index contributed by atoms with van der Waals surface area (Å²) >= 11 is 0. The van der Waals surface area contributed by atoms with Crippen molar-refractivity contribution in [2.75, 3.05) is 12.0 Å². The molecule has 1 aliphatic rings. The van der Waals surface area contributed by atoms with Gasteiger partial charge in [-0.25, -0.2) is 0 Å². The molecule has 5 nitrogen and oxygen atoms in total. The van der Waals surface area contributed by atoms with Crippen molar-refractivity contribution in [3.63, 3.8) is 0 Å². The number of carbonyl (C=O) groups excluding carboxylic acids is 1. The third kappa shape index (κ3) is 3.77. The Morgan fingerprint density at radius 1 is 1.04 bits per heavy atom. The van der Waals surface area contributed by atoms with Crippen LogP contribution in [-0.2, 0) is 19.6 Å². The average Bonchev–Trinajstić information content (AvgIpc) is 3.17. The number of hydrogen-bond acceptors (Lipinski definition) is 4. The lowest BCUT2D eigenvalue weighted by Gasteiger charge is -2.18. The molecule has 1 aromatic heterocycles. The Bertz CT molecular complexity index is 912. The number of benzene rings is 2. The molecule has 0 bridgehead atoms. The summed E-state index contributed by atoms with van der Waals surface area (Å²) in [4.78, 5) is 18.9. The van der Waals surface area contributed by atoms with E-state index in [4.69, 9.17) is 4.74 Å². The molecule has 0 saturated carbocycles. The molecule has 0 spiro atoms. The van der Waals surface area contributed by atoms with Gasteiger partial charge in [0.25, 0.3) is 5.91 Å². The number of fused-ring (bicyclic) bond motifs is 1. The third-order valence-electron chi connectivity index (χ3n) is 4.83. The molecular formula is C22H21N3O2. The lowest BCUT2D eigenvalue weighted by molar-refractivity contribution is 0.0951. The van der Waals surface area contributed by atoms with Crippen molar-refractivity contribution in [1.29, 1.82) is 0 Å². The van der Waals surface area contributed by atoms with Crippen LogP contribution in [0.5, 0.6) is 5.75 Å². The molecule has 0 saturated heterocycles. The Morgan fingerprint density at radius 2 is 1.78 bits per heavy atom. The highest BCUT2D eigenvalue weighted by Crippen LogP contribution is 2.27. The molecule has 1 N–H and O–H groups in total. The van der Waals surface area contributed by atoms with Crippen molar-refractivity contribution >= 4 is 11.6 Å². The number of rotatable bonds is 5. The molecule has 0 fully saturated rings. The molecule has 2 heterocycles. The van der Waals surface area contributed by atoms with Crippen LogP contribution >= 0.6 is 0 Å². The maximum atomic E-state index is 12.4. The molecule has 1 aliphatic heterocycles. The van der Waals surface area contributed by atoms with Crippen molar-refractivity contribution in [3.8, 4) is 5.75 Å². The molecule has 0 unspecified atom stereocenters. The van der Waals surface area contributed by atoms with Crippen LogP contribution in [0.3, 0.4) is 0 Å². The fourth-order valence-corrected chi connectivity index (χ4v) is 3.25. The molecule has 5 heteroatoms. The van der Waals surface area contributed by atoms with E-state index in [1.807, 2.05) is 60.9 Å². The number of anilines is 1. The maximum Gasteiger partial charge on any atom is 0.251 e. The molecular weight excluding hydrogens is 338 g/mol. The van der Waals surface area contributed by atoms with Gasteiger partial charge in [-0.05, 0) is 59.2 Å². The molecule has 1 amide bonds. The van der Waals surface area contributed by atoms with Gasteiger partial charge in [-0.1, -0.05) is 12.1 Å². The van der Waals surface area contributed by atoms with Crippen LogP contribution in [0.25, 0.3) is 0 Å². The predicted octanol–water partition coefficient (Wildman–Crippen LogP) is 3.54. The fourth-order valence-electron chi connectivity index (χ4n) is 3.25. The normalized spacial score (nSPS) is 12.6. The molecule has 0 atom stereocenters. The number of ether oxygens (including phenoxy) is 1. The Balaban J connectivity index is 1.36. The van der Waals surface area contributed by atoms with Crippen LogP contribution in [0.4, 0.5) is 5.69 Å². The van der Waals surface area contributed by atoms with E-state index in [1.54, 1.807) is 7.11 Å². The van der Waals surface area contributed by atoms with E-state index in [1.165, 1.54) is 11.1 Å². The van der Waals surface area contributed by atoms with Gasteiger partial charge >= 0.3 is 0 Å². The van der Waals surface area contributed by atoms with Gasteiger partial charge in [0.2, 0.25) is 0 Å². The van der Waals surface area contributed by atoms with Crippen LogP contribution in [0.15, 0.2) is 67.0 Å². The molecule has 27 heavy (non-hydrogen) atoms. The average molecular weight is 359 g/mol. The van der Waals surface area contributed by atoms with E-state index in [0.717, 1.165) is 30.1 Å². The highest BCUT2D eigenvalue weighted by Gasteiger charge is 2.19. The Labute approximate surface area is 158 Å². The van der Waals surface area contributed by atoms with E-state index in [9.17, 15) is 4.79 Å². The molecule has 4 rings (SSSR count). The minimum atomic E-state index is -0.0775. The Morgan fingerprint density at radius 3 is 2.48 bits per heavy atom. The smallest absolute Gasteiger partial charge is 0.251 e. The molecule has 0 aliphatic carbocycles. The maximum absolute atomic E-state index is 12.4. The largest absolute Gasteiger partial charge is 0.497 e. The second-order valence-electron chi connectivity index (χ2n) is 6.58. The lowest BCUT2D eigenvalue weighted by Crippen LogP contribution is -2.23. The molecule has 136 valence electrons. The number of nitrogens with one attached hydrogen (secondary N) is 1. The van der Waals surface area contributed by atoms with Gasteiger partial charge in [0.05, 0.1) is 7.11 Å². The fraction of sp³-hybridized carbons (Fsp3) is 0.182. The zero-order valence-corrected chi connectivity index (χ0v) is 15.2. The number of hydrogen-bond donors (Lipinski definition) is 1. The highest BCUT2D eigenvalue weighted by molar-refractivity contribution is 5.94. The Hall–Kier alpha value is -3.34. The summed E-state index contributed by atoms with van der Waals surface area (Å²) in [6.07, 6.45) is 3.76. The summed E-state index contributed by atoms with van der Waals surface area (Å²) in [7, 11) is 1.64. The number of pyridine rings is 1. The topological polar surface area (TPSA) is 54.5 Å². The van der Waals surface area contributed by atoms with E-state index < -0.39 is 0 Å². The van der Waals surface area contributed by atoms with Crippen molar-refractivity contribution < 1.29 is 9.53 Å². The lowest BCUT2D eigenvalue weighted by atomic mass is 10.1. The standard InChI is InChI=1S/C22H21N3O2/c1-27-21-8-2-16(3-9-21)12-24-22(26)17-4-6-20(7-5-17)25-14-18-10-11-23-13-19(18)15-25/h2-11,13H,12,14-15H2,1H3,(H,24,26). The summed E-state index contributed by atoms with van der Waals surface area (Å²) in [5.41, 5.74) is 5.37. The first kappa shape index (κ1) is 17.1. The first-order chi connectivity index (χ1) is 13.2. The third-order valence-corrected chi connectivity index (χ3v) is 4.83. The number of aromatic nitrogens is 1. The predicted molar refractivity (Wildman–Crippen MR) is 105 cm³/mol. The zero-order chi connectivity index (χ0) is 18.6. The number of carbonyl (C=O) groups is 1. The Kier molecular flexibility index (Phi) is 4.75. The van der Waals surface area contributed by atoms with Crippen LogP contribution in [0, 0.1) is 0 Å². The van der Waals surface area contributed by atoms with Crippen LogP contribution in [-0.4, -0.2) is 18.0 Å². The van der Waals surface area contributed by atoms with E-state index in [2.05, 4.69) is 21.3 Å². The van der Waals surface area contributed by atoms with E-state index in [0.29, 0.717) is 12.1 Å². The van der Waals surface area contributed by atoms with Gasteiger partial charge in [0.15, 0.2) is 0 Å². The number of nitrogens with zero attached hydrogens (tertiary/aromatic N) is 2. The number of amides is 1. The first-order valence-electron chi connectivity index (χ1n) is 8.91. The molecule has 3 aromatic rings. The van der Waals surface area contributed by atoms with Gasteiger partial charge in [-0.2, -0.15) is 0 Å². The molecule has 0 radical (unpaired) electrons. The zero-order valence-electron chi connectivity index (χ0n) is 15.2. The number of methoxy groups -OCH3 is 1. The quantitative estimate of drug-likeness (QED) is 0.757. The summed E-state index contributed by atoms with van der Waals surface area (Å²) < 4.78 is 5.14. The molecule has 2 aromatic carbocycles. The van der Waals surface area contributed by atoms with Gasteiger partial charge in [-0.3, -0.25) is 9.78 Å². The van der Waals surface area contributed by atoms with Gasteiger partial charge in [0, 0.05) is 43.3 Å². The monoisotopic (exact) mass is 359 g/mol. The van der Waals surface area contributed by atoms with Gasteiger partial charge in [0.1, 0.15) is 5.75 Å². The summed E-state index contributed by atoms with van der Waals surface area (Å²) in [5, 5.41) is 2.95. The van der Waals surface area contributed by atoms with Crippen molar-refractivity contribution in [2.24, 2.45) is 0 Å². The van der Waals surface area contributed by atoms with E-state index >= 15 is 0 Å². The summed E-state index contributed by atoms with van der Waals surface area (Å²) in [6.45, 7) is 2.21. The van der Waals surface area contributed by atoms with Crippen molar-refractivity contribution in [3.05, 3.63) is 89.2 Å². The van der Waals surface area contributed by atoms with Gasteiger partial charge < -0.3 is 15.0 Å². The second kappa shape index (κ2) is 7.50. The SMILES string of the molecule is COc1ccc(CNC(=O)c2ccc(N3Cc4ccncc4C3)cc2)cc1. The van der Waals surface area contributed by atoms with Crippen LogP contribution < -0.4 is 15.0 Å². The highest BCUT2D eigenvalue weighted by atomic mass is 16.5. The first-order valence-corrected chi connectivity index (χ1v) is 8.91. The minimum absolute atomic E-state index is 0.0775. The van der Waals surface area contributed by atoms with Crippen molar-refractivity contribution in [1.82, 2.24) is 10.3 Å². The minimum Gasteiger partial charge on any atom is -0.497 e.